The number of rotatable bonds is 2. The molecule has 3 nitrogen and oxygen atoms in total. The zero-order chi connectivity index (χ0) is 14.3. The van der Waals surface area contributed by atoms with Crippen LogP contribution < -0.4 is 5.69 Å². The topological polar surface area (TPSA) is 48.6 Å². The molecule has 1 heterocycles. The van der Waals surface area contributed by atoms with Crippen LogP contribution in [-0.2, 0) is 0 Å². The maximum Gasteiger partial charge on any atom is 0.323 e. The molecule has 0 fully saturated rings. The fraction of sp³-hybridized carbons (Fsp3) is 0.0714. The van der Waals surface area contributed by atoms with Gasteiger partial charge in [-0.15, -0.1) is 11.6 Å². The quantitative estimate of drug-likeness (QED) is 0.691. The molecule has 0 saturated heterocycles. The van der Waals surface area contributed by atoms with E-state index in [0.29, 0.717) is 27.2 Å². The lowest BCUT2D eigenvalue weighted by Crippen LogP contribution is -1.99. The molecule has 0 aliphatic heterocycles. The summed E-state index contributed by atoms with van der Waals surface area (Å²) >= 11 is 12.0. The Balaban J connectivity index is 2.06. The number of halogens is 3. The van der Waals surface area contributed by atoms with E-state index >= 15 is 0 Å². The highest BCUT2D eigenvalue weighted by molar-refractivity contribution is 6.30. The molecule has 2 aromatic carbocycles. The van der Waals surface area contributed by atoms with Crippen molar-refractivity contribution < 1.29 is 4.39 Å². The summed E-state index contributed by atoms with van der Waals surface area (Å²) in [6.07, 6.45) is 0. The lowest BCUT2D eigenvalue weighted by molar-refractivity contribution is 0.612. The van der Waals surface area contributed by atoms with E-state index in [1.165, 1.54) is 6.07 Å². The summed E-state index contributed by atoms with van der Waals surface area (Å²) in [5.41, 5.74) is 2.05. The zero-order valence-corrected chi connectivity index (χ0v) is 11.6. The van der Waals surface area contributed by atoms with E-state index in [2.05, 4.69) is 9.97 Å². The van der Waals surface area contributed by atoms with Gasteiger partial charge in [0.15, 0.2) is 0 Å². The molecule has 1 atom stereocenters. The average Bonchev–Trinajstić information content (AvgIpc) is 2.77. The Hall–Kier alpha value is -1.78. The van der Waals surface area contributed by atoms with E-state index < -0.39 is 11.2 Å². The summed E-state index contributed by atoms with van der Waals surface area (Å²) in [6, 6.07) is 9.57. The van der Waals surface area contributed by atoms with Gasteiger partial charge in [0.25, 0.3) is 0 Å². The van der Waals surface area contributed by atoms with Gasteiger partial charge in [-0.05, 0) is 29.8 Å². The molecule has 2 N–H and O–H groups in total. The molecule has 0 aliphatic rings. The van der Waals surface area contributed by atoms with E-state index in [1.807, 2.05) is 0 Å². The van der Waals surface area contributed by atoms with Gasteiger partial charge in [0.05, 0.1) is 16.4 Å². The fourth-order valence-electron chi connectivity index (χ4n) is 2.09. The molecule has 6 heteroatoms. The lowest BCUT2D eigenvalue weighted by Gasteiger charge is -2.11. The molecular formula is C14H9Cl2FN2O. The number of imidazole rings is 1. The minimum absolute atomic E-state index is 0.291. The number of aromatic amines is 2. The highest BCUT2D eigenvalue weighted by atomic mass is 35.5. The van der Waals surface area contributed by atoms with Crippen molar-refractivity contribution in [1.82, 2.24) is 9.97 Å². The highest BCUT2D eigenvalue weighted by Crippen LogP contribution is 2.32. The molecule has 102 valence electrons. The normalized spacial score (nSPS) is 12.8. The summed E-state index contributed by atoms with van der Waals surface area (Å²) in [5.74, 6) is -0.458. The predicted octanol–water partition coefficient (Wildman–Crippen LogP) is 3.98. The molecule has 0 radical (unpaired) electrons. The molecule has 0 aliphatic carbocycles. The van der Waals surface area contributed by atoms with Crippen LogP contribution in [0.1, 0.15) is 16.5 Å². The molecule has 1 unspecified atom stereocenters. The van der Waals surface area contributed by atoms with Gasteiger partial charge in [0.1, 0.15) is 5.82 Å². The summed E-state index contributed by atoms with van der Waals surface area (Å²) in [5, 5.41) is -0.337. The van der Waals surface area contributed by atoms with E-state index in [4.69, 9.17) is 23.2 Å². The Kier molecular flexibility index (Phi) is 3.28. The number of H-pyrrole nitrogens is 2. The standard InChI is InChI=1S/C14H9Cl2FN2O/c15-8-2-3-9(10(17)6-8)13(16)7-1-4-11-12(5-7)19-14(20)18-11/h1-6,13H,(H2,18,19,20). The largest absolute Gasteiger partial charge is 0.323 e. The number of aromatic nitrogens is 2. The van der Waals surface area contributed by atoms with Crippen LogP contribution in [-0.4, -0.2) is 9.97 Å². The van der Waals surface area contributed by atoms with Crippen LogP contribution >= 0.6 is 23.2 Å². The van der Waals surface area contributed by atoms with Crippen molar-refractivity contribution in [2.24, 2.45) is 0 Å². The molecule has 3 rings (SSSR count). The smallest absolute Gasteiger partial charge is 0.306 e. The maximum absolute atomic E-state index is 13.9. The highest BCUT2D eigenvalue weighted by Gasteiger charge is 2.16. The number of nitrogens with one attached hydrogen (secondary N) is 2. The van der Waals surface area contributed by atoms with E-state index in [9.17, 15) is 9.18 Å². The predicted molar refractivity (Wildman–Crippen MR) is 78.0 cm³/mol. The molecule has 0 bridgehead atoms. The SMILES string of the molecule is O=c1[nH]c2ccc(C(Cl)c3ccc(Cl)cc3F)cc2[nH]1. The first-order valence-corrected chi connectivity index (χ1v) is 6.67. The Labute approximate surface area is 123 Å². The first-order valence-electron chi connectivity index (χ1n) is 5.85. The van der Waals surface area contributed by atoms with E-state index in [0.717, 1.165) is 0 Å². The minimum atomic E-state index is -0.657. The molecular weight excluding hydrogens is 302 g/mol. The number of hydrogen-bond acceptors (Lipinski definition) is 1. The van der Waals surface area contributed by atoms with Gasteiger partial charge in [0.2, 0.25) is 0 Å². The van der Waals surface area contributed by atoms with E-state index in [1.54, 1.807) is 30.3 Å². The number of fused-ring (bicyclic) bond motifs is 1. The zero-order valence-electron chi connectivity index (χ0n) is 10.1. The second-order valence-corrected chi connectivity index (χ2v) is 5.29. The van der Waals surface area contributed by atoms with Crippen molar-refractivity contribution in [3.05, 3.63) is 68.8 Å². The third-order valence-electron chi connectivity index (χ3n) is 3.07. The third kappa shape index (κ3) is 2.32. The lowest BCUT2D eigenvalue weighted by atomic mass is 10.0. The van der Waals surface area contributed by atoms with Crippen LogP contribution in [0.5, 0.6) is 0 Å². The van der Waals surface area contributed by atoms with Gasteiger partial charge in [-0.25, -0.2) is 9.18 Å². The fourth-order valence-corrected chi connectivity index (χ4v) is 2.57. The Bertz CT molecular complexity index is 841. The maximum atomic E-state index is 13.9. The van der Waals surface area contributed by atoms with Gasteiger partial charge in [0, 0.05) is 10.6 Å². The van der Waals surface area contributed by atoms with Crippen LogP contribution in [0.4, 0.5) is 4.39 Å². The number of alkyl halides is 1. The number of benzene rings is 2. The van der Waals surface area contributed by atoms with Gasteiger partial charge in [-0.1, -0.05) is 23.7 Å². The van der Waals surface area contributed by atoms with Crippen molar-refractivity contribution in [2.75, 3.05) is 0 Å². The van der Waals surface area contributed by atoms with Gasteiger partial charge < -0.3 is 9.97 Å². The Morgan fingerprint density at radius 2 is 1.80 bits per heavy atom. The van der Waals surface area contributed by atoms with Crippen molar-refractivity contribution in [3.8, 4) is 0 Å². The minimum Gasteiger partial charge on any atom is -0.306 e. The molecule has 3 aromatic rings. The third-order valence-corrected chi connectivity index (χ3v) is 3.79. The van der Waals surface area contributed by atoms with Gasteiger partial charge >= 0.3 is 5.69 Å². The van der Waals surface area contributed by atoms with Crippen molar-refractivity contribution in [3.63, 3.8) is 0 Å². The second kappa shape index (κ2) is 4.96. The van der Waals surface area contributed by atoms with Gasteiger partial charge in [-0.3, -0.25) is 0 Å². The summed E-state index contributed by atoms with van der Waals surface area (Å²) < 4.78 is 13.9. The van der Waals surface area contributed by atoms with Crippen molar-refractivity contribution >= 4 is 34.2 Å². The molecule has 0 spiro atoms. The Morgan fingerprint density at radius 1 is 1.05 bits per heavy atom. The molecule has 1 aromatic heterocycles. The Morgan fingerprint density at radius 3 is 2.55 bits per heavy atom. The van der Waals surface area contributed by atoms with Crippen LogP contribution in [0.3, 0.4) is 0 Å². The number of hydrogen-bond donors (Lipinski definition) is 2. The van der Waals surface area contributed by atoms with E-state index in [-0.39, 0.29) is 5.69 Å². The first kappa shape index (κ1) is 13.2. The summed E-state index contributed by atoms with van der Waals surface area (Å²) in [4.78, 5) is 16.5. The summed E-state index contributed by atoms with van der Waals surface area (Å²) in [7, 11) is 0. The monoisotopic (exact) mass is 310 g/mol. The molecule has 0 amide bonds. The van der Waals surface area contributed by atoms with Crippen molar-refractivity contribution in [2.45, 2.75) is 5.38 Å². The first-order chi connectivity index (χ1) is 9.54. The van der Waals surface area contributed by atoms with Gasteiger partial charge in [-0.2, -0.15) is 0 Å². The van der Waals surface area contributed by atoms with Crippen LogP contribution in [0.2, 0.25) is 5.02 Å². The second-order valence-electron chi connectivity index (χ2n) is 4.41. The average molecular weight is 311 g/mol. The molecule has 0 saturated carbocycles. The van der Waals surface area contributed by atoms with Crippen LogP contribution in [0, 0.1) is 5.82 Å². The molecule has 20 heavy (non-hydrogen) atoms. The van der Waals surface area contributed by atoms with Crippen molar-refractivity contribution in [1.29, 1.82) is 0 Å². The van der Waals surface area contributed by atoms with Crippen LogP contribution in [0.25, 0.3) is 11.0 Å². The van der Waals surface area contributed by atoms with Crippen LogP contribution in [0.15, 0.2) is 41.2 Å². The summed E-state index contributed by atoms with van der Waals surface area (Å²) in [6.45, 7) is 0.